The molecule has 0 aromatic heterocycles. The average molecular weight is 613 g/mol. The third-order valence-corrected chi connectivity index (χ3v) is 16.5. The first-order chi connectivity index (χ1) is 21.9. The normalized spacial score (nSPS) is 27.3. The van der Waals surface area contributed by atoms with Crippen LogP contribution in [0.4, 0.5) is 0 Å². The summed E-state index contributed by atoms with van der Waals surface area (Å²) in [5.74, 6) is 1.76. The fourth-order valence-corrected chi connectivity index (χ4v) is 15.0. The van der Waals surface area contributed by atoms with Crippen molar-refractivity contribution in [2.24, 2.45) is 0 Å². The van der Waals surface area contributed by atoms with Crippen LogP contribution < -0.4 is 0 Å². The molecule has 6 fully saturated rings. The number of nitrogens with zero attached hydrogens (tertiary/aromatic N) is 2. The molecule has 5 aliphatic carbocycles. The monoisotopic (exact) mass is 612 g/mol. The van der Waals surface area contributed by atoms with Gasteiger partial charge in [-0.15, -0.1) is 5.73 Å². The molecule has 1 saturated heterocycles. The van der Waals surface area contributed by atoms with Crippen LogP contribution >= 0.6 is 7.92 Å². The molecule has 0 spiro atoms. The maximum atomic E-state index is 4.09. The van der Waals surface area contributed by atoms with Crippen LogP contribution in [0.25, 0.3) is 6.08 Å². The van der Waals surface area contributed by atoms with E-state index in [4.69, 9.17) is 0 Å². The molecule has 0 amide bonds. The van der Waals surface area contributed by atoms with Crippen LogP contribution in [0.1, 0.15) is 153 Å². The Balaban J connectivity index is 1.38. The zero-order chi connectivity index (χ0) is 29.6. The van der Waals surface area contributed by atoms with E-state index in [1.54, 1.807) is 11.4 Å². The van der Waals surface area contributed by atoms with Crippen LogP contribution in [0.3, 0.4) is 0 Å². The first kappa shape index (κ1) is 31.1. The maximum Gasteiger partial charge on any atom is 0.109 e. The van der Waals surface area contributed by atoms with E-state index < -0.39 is 0 Å². The summed E-state index contributed by atoms with van der Waals surface area (Å²) in [6.07, 6.45) is 35.8. The molecule has 1 unspecified atom stereocenters. The average Bonchev–Trinajstić information content (AvgIpc) is 3.55. The lowest BCUT2D eigenvalue weighted by atomic mass is 9.87. The van der Waals surface area contributed by atoms with E-state index in [2.05, 4.69) is 51.9 Å². The highest BCUT2D eigenvalue weighted by molar-refractivity contribution is 7.60. The summed E-state index contributed by atoms with van der Waals surface area (Å²) in [4.78, 5) is 6.09. The molecule has 1 aliphatic heterocycles. The minimum Gasteiger partial charge on any atom is -0.353 e. The van der Waals surface area contributed by atoms with Crippen molar-refractivity contribution in [2.45, 2.75) is 177 Å². The molecule has 240 valence electrons. The number of rotatable bonds is 6. The van der Waals surface area contributed by atoms with Crippen molar-refractivity contribution >= 4 is 14.0 Å². The molecule has 5 saturated carbocycles. The van der Waals surface area contributed by atoms with Gasteiger partial charge in [0, 0.05) is 42.0 Å². The van der Waals surface area contributed by atoms with Gasteiger partial charge in [0.25, 0.3) is 0 Å². The van der Waals surface area contributed by atoms with Gasteiger partial charge in [0.15, 0.2) is 0 Å². The molecule has 0 radical (unpaired) electrons. The number of allylic oxidation sites excluding steroid dienone is 2. The van der Waals surface area contributed by atoms with Crippen molar-refractivity contribution in [3.05, 3.63) is 58.6 Å². The highest BCUT2D eigenvalue weighted by Gasteiger charge is 2.45. The van der Waals surface area contributed by atoms with E-state index in [1.807, 2.05) is 5.57 Å². The number of benzene rings is 1. The minimum absolute atomic E-state index is 0.0211. The maximum absolute atomic E-state index is 4.09. The molecular weight excluding hydrogens is 551 g/mol. The first-order valence-corrected chi connectivity index (χ1v) is 21.0. The Morgan fingerprint density at radius 3 is 1.59 bits per heavy atom. The second kappa shape index (κ2) is 15.4. The second-order valence-corrected chi connectivity index (χ2v) is 18.3. The van der Waals surface area contributed by atoms with E-state index >= 15 is 0 Å². The van der Waals surface area contributed by atoms with E-state index in [9.17, 15) is 0 Å². The van der Waals surface area contributed by atoms with Crippen LogP contribution in [-0.4, -0.2) is 51.9 Å². The largest absolute Gasteiger partial charge is 0.353 e. The van der Waals surface area contributed by atoms with Gasteiger partial charge in [0.1, 0.15) is 5.82 Å². The number of hydrogen-bond acceptors (Lipinski definition) is 2. The Morgan fingerprint density at radius 2 is 1.07 bits per heavy atom. The predicted octanol–water partition coefficient (Wildman–Crippen LogP) is 11.4. The highest BCUT2D eigenvalue weighted by Crippen LogP contribution is 2.64. The fraction of sp³-hybridized carbons (Fsp3) is 0.732. The van der Waals surface area contributed by atoms with E-state index in [-0.39, 0.29) is 7.92 Å². The smallest absolute Gasteiger partial charge is 0.109 e. The third-order valence-electron chi connectivity index (χ3n) is 12.5. The molecule has 1 aromatic carbocycles. The fourth-order valence-electron chi connectivity index (χ4n) is 10.4. The molecule has 1 aromatic rings. The molecule has 44 heavy (non-hydrogen) atoms. The van der Waals surface area contributed by atoms with Crippen LogP contribution in [0.5, 0.6) is 0 Å². The highest BCUT2D eigenvalue weighted by atomic mass is 31.1. The molecule has 3 heteroatoms. The van der Waals surface area contributed by atoms with Gasteiger partial charge in [-0.25, -0.2) is 0 Å². The van der Waals surface area contributed by atoms with Gasteiger partial charge in [-0.2, -0.15) is 0 Å². The topological polar surface area (TPSA) is 6.48 Å². The molecule has 6 aliphatic rings. The molecule has 1 atom stereocenters. The quantitative estimate of drug-likeness (QED) is 0.233. The summed E-state index contributed by atoms with van der Waals surface area (Å²) in [6, 6.07) is 12.6. The summed E-state index contributed by atoms with van der Waals surface area (Å²) in [5, 5.41) is 0. The summed E-state index contributed by atoms with van der Waals surface area (Å²) in [6.45, 7) is 2.54. The minimum atomic E-state index is -0.0211. The number of hydrogen-bond donors (Lipinski definition) is 0. The molecule has 1 heterocycles. The van der Waals surface area contributed by atoms with Crippen molar-refractivity contribution in [1.82, 2.24) is 9.80 Å². The van der Waals surface area contributed by atoms with Crippen LogP contribution in [0.15, 0.2) is 53.0 Å². The lowest BCUT2D eigenvalue weighted by molar-refractivity contribution is 0.176. The van der Waals surface area contributed by atoms with E-state index in [0.29, 0.717) is 0 Å². The van der Waals surface area contributed by atoms with Gasteiger partial charge < -0.3 is 9.80 Å². The van der Waals surface area contributed by atoms with Crippen molar-refractivity contribution in [2.75, 3.05) is 13.1 Å². The summed E-state index contributed by atoms with van der Waals surface area (Å²) in [5.41, 5.74) is 11.7. The lowest BCUT2D eigenvalue weighted by Crippen LogP contribution is -2.41. The Labute approximate surface area is 271 Å². The van der Waals surface area contributed by atoms with Crippen molar-refractivity contribution in [3.8, 4) is 0 Å². The second-order valence-electron chi connectivity index (χ2n) is 15.3. The zero-order valence-corrected chi connectivity index (χ0v) is 28.8. The van der Waals surface area contributed by atoms with Crippen LogP contribution in [0, 0.1) is 0 Å². The Bertz CT molecular complexity index is 1090. The van der Waals surface area contributed by atoms with E-state index in [0.717, 1.165) is 29.1 Å². The van der Waals surface area contributed by atoms with Crippen LogP contribution in [0.2, 0.25) is 0 Å². The van der Waals surface area contributed by atoms with Crippen molar-refractivity contribution in [3.63, 3.8) is 0 Å². The standard InChI is InChI=1S/C41H61N2P/c1-6-17-33(18-7-1)29-30-34-19-16-28-39(44(37-24-12-4-13-25-37)38-26-14-5-15-27-38)40(34)41-42(35-20-8-2-9-21-35)31-32-43(41)36-22-10-3-11-23-36/h1,6-7,17-18,29,35-39H,2-5,8-16,19-28,31-32H2. The van der Waals surface area contributed by atoms with Gasteiger partial charge >= 0.3 is 0 Å². The Hall–Kier alpha value is -1.49. The predicted molar refractivity (Wildman–Crippen MR) is 190 cm³/mol. The molecule has 0 N–H and O–H groups in total. The van der Waals surface area contributed by atoms with Crippen LogP contribution in [-0.2, 0) is 0 Å². The van der Waals surface area contributed by atoms with Crippen molar-refractivity contribution in [1.29, 1.82) is 0 Å². The van der Waals surface area contributed by atoms with Gasteiger partial charge in [-0.05, 0) is 93.6 Å². The summed E-state index contributed by atoms with van der Waals surface area (Å²) < 4.78 is 0. The molecular formula is C41H61N2P. The Kier molecular flexibility index (Phi) is 10.9. The van der Waals surface area contributed by atoms with Crippen molar-refractivity contribution < 1.29 is 0 Å². The van der Waals surface area contributed by atoms with Gasteiger partial charge in [-0.3, -0.25) is 0 Å². The first-order valence-electron chi connectivity index (χ1n) is 19.4. The van der Waals surface area contributed by atoms with Gasteiger partial charge in [0.05, 0.1) is 0 Å². The molecule has 2 nitrogen and oxygen atoms in total. The van der Waals surface area contributed by atoms with Gasteiger partial charge in [-0.1, -0.05) is 115 Å². The zero-order valence-electron chi connectivity index (χ0n) is 27.9. The molecule has 7 rings (SSSR count). The summed E-state index contributed by atoms with van der Waals surface area (Å²) >= 11 is 0. The Morgan fingerprint density at radius 1 is 0.568 bits per heavy atom. The SMILES string of the molecule is C(=Cc1ccccc1)=C1CCCC(P(C2CCCCC2)C2CCCCC2)C1=C1N(C2CCCCC2)CCN1C1CCCCC1. The lowest BCUT2D eigenvalue weighted by Gasteiger charge is -2.48. The summed E-state index contributed by atoms with van der Waals surface area (Å²) in [7, 11) is -0.0211. The van der Waals surface area contributed by atoms with Gasteiger partial charge in [0.2, 0.25) is 0 Å². The molecule has 0 bridgehead atoms. The third kappa shape index (κ3) is 7.08. The van der Waals surface area contributed by atoms with E-state index in [1.165, 1.54) is 166 Å².